The van der Waals surface area contributed by atoms with Crippen molar-refractivity contribution in [1.29, 1.82) is 0 Å². The van der Waals surface area contributed by atoms with E-state index in [-0.39, 0.29) is 34.7 Å². The topological polar surface area (TPSA) is 84.9 Å². The smallest absolute Gasteiger partial charge is 0.260 e. The summed E-state index contributed by atoms with van der Waals surface area (Å²) in [7, 11) is -3.84. The Kier molecular flexibility index (Phi) is 7.30. The van der Waals surface area contributed by atoms with E-state index in [9.17, 15) is 13.2 Å². The molecule has 28 heavy (non-hydrogen) atoms. The first-order valence-corrected chi connectivity index (χ1v) is 11.5. The summed E-state index contributed by atoms with van der Waals surface area (Å²) in [4.78, 5) is 14.9. The van der Waals surface area contributed by atoms with E-state index in [0.717, 1.165) is 4.88 Å². The summed E-state index contributed by atoms with van der Waals surface area (Å²) in [5.41, 5.74) is 0. The molecule has 1 aliphatic rings. The molecule has 0 bridgehead atoms. The molecule has 1 aromatic heterocycles. The lowest BCUT2D eigenvalue weighted by molar-refractivity contribution is -0.137. The van der Waals surface area contributed by atoms with Crippen LogP contribution in [0.25, 0.3) is 0 Å². The predicted octanol–water partition coefficient (Wildman–Crippen LogP) is 2.16. The zero-order valence-electron chi connectivity index (χ0n) is 15.1. The number of amides is 1. The van der Waals surface area contributed by atoms with Crippen LogP contribution in [0.4, 0.5) is 0 Å². The van der Waals surface area contributed by atoms with Crippen molar-refractivity contribution in [2.45, 2.75) is 11.3 Å². The minimum Gasteiger partial charge on any atom is -0.482 e. The molecule has 1 aliphatic heterocycles. The van der Waals surface area contributed by atoms with Crippen LogP contribution in [-0.2, 0) is 26.0 Å². The number of morpholine rings is 1. The molecule has 0 spiro atoms. The Morgan fingerprint density at radius 1 is 1.29 bits per heavy atom. The Hall–Kier alpha value is -1.65. The lowest BCUT2D eigenvalue weighted by Gasteiger charge is -2.26. The Morgan fingerprint density at radius 3 is 2.79 bits per heavy atom. The van der Waals surface area contributed by atoms with E-state index in [0.29, 0.717) is 32.7 Å². The molecule has 1 N–H and O–H groups in total. The second kappa shape index (κ2) is 9.71. The van der Waals surface area contributed by atoms with Crippen LogP contribution in [0.1, 0.15) is 4.88 Å². The average molecular weight is 445 g/mol. The van der Waals surface area contributed by atoms with Crippen molar-refractivity contribution in [2.75, 3.05) is 39.5 Å². The lowest BCUT2D eigenvalue weighted by Crippen LogP contribution is -2.43. The Bertz CT molecular complexity index is 897. The van der Waals surface area contributed by atoms with Gasteiger partial charge in [0.15, 0.2) is 6.61 Å². The molecule has 0 unspecified atom stereocenters. The van der Waals surface area contributed by atoms with E-state index in [1.807, 2.05) is 17.5 Å². The van der Waals surface area contributed by atoms with Gasteiger partial charge in [0.1, 0.15) is 10.6 Å². The molecule has 7 nitrogen and oxygen atoms in total. The van der Waals surface area contributed by atoms with Crippen molar-refractivity contribution in [3.05, 3.63) is 45.6 Å². The molecule has 1 amide bonds. The maximum atomic E-state index is 12.7. The quantitative estimate of drug-likeness (QED) is 0.674. The highest BCUT2D eigenvalue weighted by molar-refractivity contribution is 7.89. The summed E-state index contributed by atoms with van der Waals surface area (Å²) >= 11 is 7.56. The van der Waals surface area contributed by atoms with Crippen molar-refractivity contribution in [3.8, 4) is 5.75 Å². The van der Waals surface area contributed by atoms with Gasteiger partial charge in [0.2, 0.25) is 10.0 Å². The normalized spacial score (nSPS) is 14.8. The number of benzene rings is 1. The maximum absolute atomic E-state index is 12.7. The Labute approximate surface area is 173 Å². The fourth-order valence-electron chi connectivity index (χ4n) is 2.70. The molecule has 1 fully saturated rings. The summed E-state index contributed by atoms with van der Waals surface area (Å²) in [6.45, 7) is 1.97. The molecular formula is C18H21ClN2O5S2. The van der Waals surface area contributed by atoms with Gasteiger partial charge in [-0.1, -0.05) is 17.7 Å². The third-order valence-corrected chi connectivity index (χ3v) is 6.81. The van der Waals surface area contributed by atoms with Gasteiger partial charge in [0.05, 0.1) is 13.2 Å². The number of ether oxygens (including phenoxy) is 2. The molecule has 0 radical (unpaired) electrons. The number of halogens is 1. The van der Waals surface area contributed by atoms with Crippen LogP contribution >= 0.6 is 22.9 Å². The number of nitrogens with one attached hydrogen (secondary N) is 1. The van der Waals surface area contributed by atoms with Crippen LogP contribution in [-0.4, -0.2) is 58.7 Å². The van der Waals surface area contributed by atoms with E-state index in [2.05, 4.69) is 4.72 Å². The van der Waals surface area contributed by atoms with E-state index in [1.165, 1.54) is 18.2 Å². The van der Waals surface area contributed by atoms with Crippen LogP contribution < -0.4 is 9.46 Å². The molecule has 0 aliphatic carbocycles. The van der Waals surface area contributed by atoms with Crippen LogP contribution in [0.5, 0.6) is 5.75 Å². The van der Waals surface area contributed by atoms with Gasteiger partial charge in [-0.15, -0.1) is 11.3 Å². The van der Waals surface area contributed by atoms with Crippen molar-refractivity contribution >= 4 is 38.9 Å². The third kappa shape index (κ3) is 5.68. The molecule has 0 atom stereocenters. The van der Waals surface area contributed by atoms with Crippen LogP contribution in [0, 0.1) is 0 Å². The molecular weight excluding hydrogens is 424 g/mol. The average Bonchev–Trinajstić information content (AvgIpc) is 3.20. The summed E-state index contributed by atoms with van der Waals surface area (Å²) in [5, 5.41) is 2.21. The van der Waals surface area contributed by atoms with Gasteiger partial charge in [-0.3, -0.25) is 4.79 Å². The summed E-state index contributed by atoms with van der Waals surface area (Å²) < 4.78 is 38.8. The van der Waals surface area contributed by atoms with Crippen molar-refractivity contribution < 1.29 is 22.7 Å². The zero-order valence-corrected chi connectivity index (χ0v) is 17.5. The number of hydrogen-bond donors (Lipinski definition) is 1. The molecule has 1 saturated heterocycles. The van der Waals surface area contributed by atoms with Crippen LogP contribution in [0.2, 0.25) is 5.02 Å². The first-order valence-electron chi connectivity index (χ1n) is 8.75. The summed E-state index contributed by atoms with van der Waals surface area (Å²) in [5.74, 6) is -0.123. The van der Waals surface area contributed by atoms with Crippen molar-refractivity contribution in [3.63, 3.8) is 0 Å². The monoisotopic (exact) mass is 444 g/mol. The minimum atomic E-state index is -3.84. The fourth-order valence-corrected chi connectivity index (χ4v) is 4.84. The SMILES string of the molecule is O=C(COc1ccc(Cl)cc1S(=O)(=O)NCCc1cccs1)N1CCOCC1. The van der Waals surface area contributed by atoms with Gasteiger partial charge in [0, 0.05) is 29.5 Å². The number of carbonyl (C=O) groups excluding carboxylic acids is 1. The van der Waals surface area contributed by atoms with Crippen molar-refractivity contribution in [2.24, 2.45) is 0 Å². The number of sulfonamides is 1. The molecule has 0 saturated carbocycles. The van der Waals surface area contributed by atoms with Gasteiger partial charge in [-0.25, -0.2) is 13.1 Å². The number of carbonyl (C=O) groups is 1. The van der Waals surface area contributed by atoms with E-state index >= 15 is 0 Å². The second-order valence-electron chi connectivity index (χ2n) is 6.10. The van der Waals surface area contributed by atoms with Gasteiger partial charge >= 0.3 is 0 Å². The molecule has 152 valence electrons. The first kappa shape index (κ1) is 21.1. The molecule has 2 aromatic rings. The highest BCUT2D eigenvalue weighted by Crippen LogP contribution is 2.27. The number of hydrogen-bond acceptors (Lipinski definition) is 6. The van der Waals surface area contributed by atoms with Gasteiger partial charge in [-0.2, -0.15) is 0 Å². The molecule has 3 rings (SSSR count). The number of thiophene rings is 1. The third-order valence-electron chi connectivity index (χ3n) is 4.15. The van der Waals surface area contributed by atoms with E-state index < -0.39 is 10.0 Å². The van der Waals surface area contributed by atoms with Gasteiger partial charge in [-0.05, 0) is 36.1 Å². The largest absolute Gasteiger partial charge is 0.482 e. The zero-order chi connectivity index (χ0) is 20.0. The fraction of sp³-hybridized carbons (Fsp3) is 0.389. The van der Waals surface area contributed by atoms with E-state index in [4.69, 9.17) is 21.1 Å². The first-order chi connectivity index (χ1) is 13.5. The van der Waals surface area contributed by atoms with Crippen molar-refractivity contribution in [1.82, 2.24) is 9.62 Å². The standard InChI is InChI=1S/C18H21ClN2O5S2/c19-14-3-4-16(26-13-18(22)21-7-9-25-10-8-21)17(12-14)28(23,24)20-6-5-15-2-1-11-27-15/h1-4,11-12,20H,5-10,13H2. The Balaban J connectivity index is 1.66. The highest BCUT2D eigenvalue weighted by atomic mass is 35.5. The predicted molar refractivity (Wildman–Crippen MR) is 108 cm³/mol. The van der Waals surface area contributed by atoms with Crippen LogP contribution in [0.3, 0.4) is 0 Å². The minimum absolute atomic E-state index is 0.0824. The van der Waals surface area contributed by atoms with E-state index in [1.54, 1.807) is 16.2 Å². The number of nitrogens with zero attached hydrogens (tertiary/aromatic N) is 1. The van der Waals surface area contributed by atoms with Gasteiger partial charge in [0.25, 0.3) is 5.91 Å². The lowest BCUT2D eigenvalue weighted by atomic mass is 10.3. The maximum Gasteiger partial charge on any atom is 0.260 e. The molecule has 2 heterocycles. The summed E-state index contributed by atoms with van der Waals surface area (Å²) in [6.07, 6.45) is 0.586. The Morgan fingerprint density at radius 2 is 2.07 bits per heavy atom. The second-order valence-corrected chi connectivity index (χ2v) is 9.30. The highest BCUT2D eigenvalue weighted by Gasteiger charge is 2.22. The summed E-state index contributed by atoms with van der Waals surface area (Å²) in [6, 6.07) is 8.18. The molecule has 1 aromatic carbocycles. The van der Waals surface area contributed by atoms with Gasteiger partial charge < -0.3 is 14.4 Å². The number of rotatable bonds is 8. The van der Waals surface area contributed by atoms with Crippen LogP contribution in [0.15, 0.2) is 40.6 Å². The molecule has 10 heteroatoms.